The highest BCUT2D eigenvalue weighted by atomic mass is 16.1. The first kappa shape index (κ1) is 16.4. The summed E-state index contributed by atoms with van der Waals surface area (Å²) >= 11 is 0. The molecular weight excluding hydrogens is 214 g/mol. The van der Waals surface area contributed by atoms with Crippen LogP contribution in [0.2, 0.25) is 0 Å². The van der Waals surface area contributed by atoms with E-state index in [0.29, 0.717) is 13.0 Å². The fourth-order valence-corrected chi connectivity index (χ4v) is 1.60. The van der Waals surface area contributed by atoms with Crippen LogP contribution in [0.15, 0.2) is 0 Å². The maximum atomic E-state index is 11.6. The number of nitrogens with two attached hydrogens (primary N) is 1. The molecular formula is C13H29N3O. The van der Waals surface area contributed by atoms with E-state index in [2.05, 4.69) is 38.0 Å². The van der Waals surface area contributed by atoms with E-state index in [-0.39, 0.29) is 11.3 Å². The van der Waals surface area contributed by atoms with Crippen LogP contribution in [0.5, 0.6) is 0 Å². The van der Waals surface area contributed by atoms with Crippen molar-refractivity contribution >= 4 is 5.91 Å². The van der Waals surface area contributed by atoms with Crippen LogP contribution in [0.4, 0.5) is 0 Å². The van der Waals surface area contributed by atoms with Gasteiger partial charge in [0.25, 0.3) is 0 Å². The number of nitrogens with zero attached hydrogens (tertiary/aromatic N) is 1. The molecule has 0 spiro atoms. The molecule has 0 rings (SSSR count). The summed E-state index contributed by atoms with van der Waals surface area (Å²) in [5.41, 5.74) is 5.72. The van der Waals surface area contributed by atoms with Crippen LogP contribution in [-0.4, -0.2) is 44.0 Å². The predicted octanol–water partition coefficient (Wildman–Crippen LogP) is 1.21. The number of hydrogen-bond acceptors (Lipinski definition) is 3. The molecule has 0 atom stereocenters. The summed E-state index contributed by atoms with van der Waals surface area (Å²) in [6.45, 7) is 9.79. The van der Waals surface area contributed by atoms with Crippen molar-refractivity contribution in [3.63, 3.8) is 0 Å². The van der Waals surface area contributed by atoms with E-state index in [4.69, 9.17) is 5.73 Å². The molecule has 0 radical (unpaired) electrons. The zero-order valence-electron chi connectivity index (χ0n) is 11.9. The summed E-state index contributed by atoms with van der Waals surface area (Å²) in [5.74, 6) is 0.152. The molecule has 0 fully saturated rings. The molecule has 4 nitrogen and oxygen atoms in total. The predicted molar refractivity (Wildman–Crippen MR) is 72.9 cm³/mol. The molecule has 4 heteroatoms. The van der Waals surface area contributed by atoms with Gasteiger partial charge in [-0.25, -0.2) is 0 Å². The standard InChI is InChI=1S/C13H29N3O/c1-5-16(4)11-10-15-12(17)6-7-13(2,3)8-9-14/h5-11,14H2,1-4H3,(H,15,17). The second kappa shape index (κ2) is 8.48. The molecule has 0 aromatic heterocycles. The Labute approximate surface area is 106 Å². The maximum absolute atomic E-state index is 11.6. The molecule has 0 unspecified atom stereocenters. The molecule has 0 aliphatic carbocycles. The van der Waals surface area contributed by atoms with E-state index >= 15 is 0 Å². The molecule has 102 valence electrons. The van der Waals surface area contributed by atoms with Gasteiger partial charge in [0.2, 0.25) is 5.91 Å². The summed E-state index contributed by atoms with van der Waals surface area (Å²) in [6, 6.07) is 0. The van der Waals surface area contributed by atoms with E-state index in [1.807, 2.05) is 0 Å². The van der Waals surface area contributed by atoms with Crippen molar-refractivity contribution in [3.05, 3.63) is 0 Å². The number of amides is 1. The molecule has 0 aliphatic rings. The summed E-state index contributed by atoms with van der Waals surface area (Å²) < 4.78 is 0. The molecule has 3 N–H and O–H groups in total. The van der Waals surface area contributed by atoms with Gasteiger partial charge >= 0.3 is 0 Å². The quantitative estimate of drug-likeness (QED) is 0.640. The molecule has 0 saturated heterocycles. The number of carbonyl (C=O) groups excluding carboxylic acids is 1. The lowest BCUT2D eigenvalue weighted by Crippen LogP contribution is -2.33. The third-order valence-corrected chi connectivity index (χ3v) is 3.21. The number of carbonyl (C=O) groups is 1. The Morgan fingerprint density at radius 1 is 1.35 bits per heavy atom. The average Bonchev–Trinajstić information content (AvgIpc) is 2.26. The highest BCUT2D eigenvalue weighted by molar-refractivity contribution is 5.75. The third-order valence-electron chi connectivity index (χ3n) is 3.21. The van der Waals surface area contributed by atoms with E-state index in [1.165, 1.54) is 0 Å². The lowest BCUT2D eigenvalue weighted by molar-refractivity contribution is -0.121. The fraction of sp³-hybridized carbons (Fsp3) is 0.923. The summed E-state index contributed by atoms with van der Waals surface area (Å²) in [7, 11) is 2.05. The zero-order chi connectivity index (χ0) is 13.3. The molecule has 0 bridgehead atoms. The van der Waals surface area contributed by atoms with Gasteiger partial charge in [0, 0.05) is 19.5 Å². The molecule has 0 heterocycles. The summed E-state index contributed by atoms with van der Waals surface area (Å²) in [6.07, 6.45) is 2.47. The van der Waals surface area contributed by atoms with Gasteiger partial charge in [-0.15, -0.1) is 0 Å². The Morgan fingerprint density at radius 3 is 2.53 bits per heavy atom. The van der Waals surface area contributed by atoms with Crippen LogP contribution in [-0.2, 0) is 4.79 Å². The lowest BCUT2D eigenvalue weighted by Gasteiger charge is -2.23. The normalized spacial score (nSPS) is 11.9. The first-order chi connectivity index (χ1) is 7.91. The van der Waals surface area contributed by atoms with Gasteiger partial charge in [0.05, 0.1) is 0 Å². The minimum atomic E-state index is 0.152. The van der Waals surface area contributed by atoms with Crippen molar-refractivity contribution in [2.24, 2.45) is 11.1 Å². The van der Waals surface area contributed by atoms with Gasteiger partial charge in [-0.3, -0.25) is 4.79 Å². The summed E-state index contributed by atoms with van der Waals surface area (Å²) in [4.78, 5) is 13.8. The number of likely N-dealkylation sites (N-methyl/N-ethyl adjacent to an activating group) is 1. The Bertz CT molecular complexity index is 217. The van der Waals surface area contributed by atoms with Gasteiger partial charge in [-0.2, -0.15) is 0 Å². The molecule has 0 aromatic carbocycles. The highest BCUT2D eigenvalue weighted by Gasteiger charge is 2.17. The number of rotatable bonds is 9. The van der Waals surface area contributed by atoms with Crippen molar-refractivity contribution in [2.75, 3.05) is 33.2 Å². The largest absolute Gasteiger partial charge is 0.355 e. The van der Waals surface area contributed by atoms with E-state index < -0.39 is 0 Å². The van der Waals surface area contributed by atoms with Crippen molar-refractivity contribution in [2.45, 2.75) is 40.0 Å². The minimum absolute atomic E-state index is 0.152. The van der Waals surface area contributed by atoms with Crippen LogP contribution in [0.25, 0.3) is 0 Å². The first-order valence-electron chi connectivity index (χ1n) is 6.56. The van der Waals surface area contributed by atoms with Gasteiger partial charge < -0.3 is 16.0 Å². The van der Waals surface area contributed by atoms with Gasteiger partial charge in [-0.05, 0) is 38.4 Å². The van der Waals surface area contributed by atoms with Crippen LogP contribution < -0.4 is 11.1 Å². The van der Waals surface area contributed by atoms with Crippen molar-refractivity contribution < 1.29 is 4.79 Å². The van der Waals surface area contributed by atoms with Gasteiger partial charge in [-0.1, -0.05) is 20.8 Å². The Kier molecular flexibility index (Phi) is 8.17. The van der Waals surface area contributed by atoms with Crippen molar-refractivity contribution in [3.8, 4) is 0 Å². The molecule has 1 amide bonds. The Morgan fingerprint density at radius 2 is 2.00 bits per heavy atom. The number of nitrogens with one attached hydrogen (secondary N) is 1. The number of hydrogen-bond donors (Lipinski definition) is 2. The Balaban J connectivity index is 3.66. The van der Waals surface area contributed by atoms with Gasteiger partial charge in [0.15, 0.2) is 0 Å². The maximum Gasteiger partial charge on any atom is 0.220 e. The SMILES string of the molecule is CCN(C)CCNC(=O)CCC(C)(C)CCN. The van der Waals surface area contributed by atoms with E-state index in [0.717, 1.165) is 32.5 Å². The molecule has 0 aromatic rings. The molecule has 17 heavy (non-hydrogen) atoms. The van der Waals surface area contributed by atoms with Crippen LogP contribution in [0.3, 0.4) is 0 Å². The highest BCUT2D eigenvalue weighted by Crippen LogP contribution is 2.25. The smallest absolute Gasteiger partial charge is 0.220 e. The van der Waals surface area contributed by atoms with Crippen molar-refractivity contribution in [1.29, 1.82) is 0 Å². The zero-order valence-corrected chi connectivity index (χ0v) is 11.9. The lowest BCUT2D eigenvalue weighted by atomic mass is 9.84. The van der Waals surface area contributed by atoms with Crippen LogP contribution >= 0.6 is 0 Å². The second-order valence-corrected chi connectivity index (χ2v) is 5.45. The summed E-state index contributed by atoms with van der Waals surface area (Å²) in [5, 5.41) is 2.95. The topological polar surface area (TPSA) is 58.4 Å². The van der Waals surface area contributed by atoms with Crippen LogP contribution in [0, 0.1) is 5.41 Å². The fourth-order valence-electron chi connectivity index (χ4n) is 1.60. The van der Waals surface area contributed by atoms with E-state index in [9.17, 15) is 4.79 Å². The average molecular weight is 243 g/mol. The monoisotopic (exact) mass is 243 g/mol. The Hall–Kier alpha value is -0.610. The second-order valence-electron chi connectivity index (χ2n) is 5.45. The minimum Gasteiger partial charge on any atom is -0.355 e. The molecule has 0 saturated carbocycles. The van der Waals surface area contributed by atoms with Crippen molar-refractivity contribution in [1.82, 2.24) is 10.2 Å². The van der Waals surface area contributed by atoms with E-state index in [1.54, 1.807) is 0 Å². The first-order valence-corrected chi connectivity index (χ1v) is 6.56. The molecule has 0 aliphatic heterocycles. The van der Waals surface area contributed by atoms with Gasteiger partial charge in [0.1, 0.15) is 0 Å². The third kappa shape index (κ3) is 9.12. The van der Waals surface area contributed by atoms with Crippen LogP contribution in [0.1, 0.15) is 40.0 Å².